The molecule has 2 rings (SSSR count). The van der Waals surface area contributed by atoms with Crippen LogP contribution in [0.2, 0.25) is 0 Å². The average Bonchev–Trinajstić information content (AvgIpc) is 3.26. The van der Waals surface area contributed by atoms with Crippen molar-refractivity contribution in [2.75, 3.05) is 26.2 Å². The van der Waals surface area contributed by atoms with E-state index in [1.54, 1.807) is 0 Å². The van der Waals surface area contributed by atoms with Gasteiger partial charge in [-0.3, -0.25) is 4.99 Å². The van der Waals surface area contributed by atoms with E-state index in [4.69, 9.17) is 4.74 Å². The van der Waals surface area contributed by atoms with E-state index in [0.717, 1.165) is 37.3 Å². The van der Waals surface area contributed by atoms with Crippen LogP contribution in [0.1, 0.15) is 19.8 Å². The first-order chi connectivity index (χ1) is 9.38. The van der Waals surface area contributed by atoms with Gasteiger partial charge >= 0.3 is 0 Å². The third-order valence-corrected chi connectivity index (χ3v) is 2.96. The van der Waals surface area contributed by atoms with Crippen molar-refractivity contribution in [1.82, 2.24) is 10.6 Å². The lowest BCUT2D eigenvalue weighted by molar-refractivity contribution is 0.322. The van der Waals surface area contributed by atoms with Gasteiger partial charge in [-0.1, -0.05) is 18.2 Å². The molecular formula is C15H24IN3O. The molecule has 0 saturated heterocycles. The molecule has 0 unspecified atom stereocenters. The van der Waals surface area contributed by atoms with E-state index in [0.29, 0.717) is 6.61 Å². The molecule has 0 heterocycles. The summed E-state index contributed by atoms with van der Waals surface area (Å²) >= 11 is 0. The third kappa shape index (κ3) is 6.98. The number of halogens is 1. The number of para-hydroxylation sites is 1. The number of ether oxygens (including phenoxy) is 1. The zero-order chi connectivity index (χ0) is 13.3. The molecule has 0 amide bonds. The maximum atomic E-state index is 5.63. The Morgan fingerprint density at radius 1 is 1.25 bits per heavy atom. The minimum Gasteiger partial charge on any atom is -0.492 e. The molecule has 1 saturated carbocycles. The summed E-state index contributed by atoms with van der Waals surface area (Å²) in [5, 5.41) is 6.54. The van der Waals surface area contributed by atoms with Gasteiger partial charge in [0, 0.05) is 13.1 Å². The maximum Gasteiger partial charge on any atom is 0.191 e. The van der Waals surface area contributed by atoms with Gasteiger partial charge in [-0.05, 0) is 37.8 Å². The van der Waals surface area contributed by atoms with Crippen LogP contribution >= 0.6 is 24.0 Å². The second-order valence-electron chi connectivity index (χ2n) is 4.75. The first-order valence-corrected chi connectivity index (χ1v) is 7.08. The number of benzene rings is 1. The molecule has 1 aromatic carbocycles. The highest BCUT2D eigenvalue weighted by molar-refractivity contribution is 14.0. The highest BCUT2D eigenvalue weighted by Gasteiger charge is 2.20. The zero-order valence-electron chi connectivity index (χ0n) is 12.0. The molecule has 1 aliphatic rings. The fourth-order valence-electron chi connectivity index (χ4n) is 1.72. The van der Waals surface area contributed by atoms with Crippen LogP contribution in [0.15, 0.2) is 35.3 Å². The van der Waals surface area contributed by atoms with Crippen molar-refractivity contribution >= 4 is 29.9 Å². The fraction of sp³-hybridized carbons (Fsp3) is 0.533. The van der Waals surface area contributed by atoms with Gasteiger partial charge in [-0.2, -0.15) is 0 Å². The summed E-state index contributed by atoms with van der Waals surface area (Å²) < 4.78 is 5.63. The predicted octanol–water partition coefficient (Wildman–Crippen LogP) is 2.65. The van der Waals surface area contributed by atoms with Crippen LogP contribution in [0.3, 0.4) is 0 Å². The molecule has 1 fully saturated rings. The topological polar surface area (TPSA) is 45.7 Å². The Morgan fingerprint density at radius 2 is 2.00 bits per heavy atom. The molecule has 1 aromatic rings. The number of hydrogen-bond donors (Lipinski definition) is 2. The van der Waals surface area contributed by atoms with Crippen LogP contribution in [0, 0.1) is 5.92 Å². The normalized spacial score (nSPS) is 14.3. The minimum atomic E-state index is 0. The number of rotatable bonds is 7. The van der Waals surface area contributed by atoms with Gasteiger partial charge in [0.25, 0.3) is 0 Å². The van der Waals surface area contributed by atoms with Gasteiger partial charge in [0.2, 0.25) is 0 Å². The largest absolute Gasteiger partial charge is 0.492 e. The van der Waals surface area contributed by atoms with Crippen LogP contribution in [0.4, 0.5) is 0 Å². The van der Waals surface area contributed by atoms with Crippen molar-refractivity contribution in [2.24, 2.45) is 10.9 Å². The summed E-state index contributed by atoms with van der Waals surface area (Å²) in [6, 6.07) is 9.87. The summed E-state index contributed by atoms with van der Waals surface area (Å²) in [6.45, 7) is 5.29. The molecule has 0 aliphatic heterocycles. The molecule has 2 N–H and O–H groups in total. The molecule has 0 spiro atoms. The Morgan fingerprint density at radius 3 is 2.65 bits per heavy atom. The standard InChI is InChI=1S/C15H23N3O.HI/c1-2-16-15(18-12-13-8-9-13)17-10-11-19-14-6-4-3-5-7-14;/h3-7,13H,2,8-12H2,1H3,(H2,16,17,18);1H. The van der Waals surface area contributed by atoms with Crippen molar-refractivity contribution in [3.63, 3.8) is 0 Å². The van der Waals surface area contributed by atoms with Crippen molar-refractivity contribution in [3.8, 4) is 5.75 Å². The minimum absolute atomic E-state index is 0. The van der Waals surface area contributed by atoms with Crippen LogP contribution < -0.4 is 15.4 Å². The number of nitrogens with zero attached hydrogens (tertiary/aromatic N) is 1. The van der Waals surface area contributed by atoms with E-state index in [2.05, 4.69) is 22.5 Å². The van der Waals surface area contributed by atoms with Gasteiger partial charge in [-0.15, -0.1) is 24.0 Å². The molecular weight excluding hydrogens is 365 g/mol. The Balaban J connectivity index is 0.00000200. The number of nitrogens with one attached hydrogen (secondary N) is 2. The molecule has 4 nitrogen and oxygen atoms in total. The summed E-state index contributed by atoms with van der Waals surface area (Å²) in [4.78, 5) is 4.56. The SMILES string of the molecule is CCNC(=NCC1CC1)NCCOc1ccccc1.I. The van der Waals surface area contributed by atoms with Crippen molar-refractivity contribution in [2.45, 2.75) is 19.8 Å². The Kier molecular flexibility index (Phi) is 8.41. The Labute approximate surface area is 138 Å². The zero-order valence-corrected chi connectivity index (χ0v) is 14.3. The second kappa shape index (κ2) is 9.85. The van der Waals surface area contributed by atoms with Gasteiger partial charge in [0.1, 0.15) is 12.4 Å². The van der Waals surface area contributed by atoms with Gasteiger partial charge in [0.05, 0.1) is 6.54 Å². The monoisotopic (exact) mass is 389 g/mol. The lowest BCUT2D eigenvalue weighted by Crippen LogP contribution is -2.39. The second-order valence-corrected chi connectivity index (χ2v) is 4.75. The summed E-state index contributed by atoms with van der Waals surface area (Å²) in [5.74, 6) is 2.62. The molecule has 0 radical (unpaired) electrons. The predicted molar refractivity (Wildman–Crippen MR) is 94.1 cm³/mol. The number of guanidine groups is 1. The molecule has 5 heteroatoms. The van der Waals surface area contributed by atoms with E-state index in [1.807, 2.05) is 30.3 Å². The Bertz CT molecular complexity index is 393. The first kappa shape index (κ1) is 17.1. The maximum absolute atomic E-state index is 5.63. The lowest BCUT2D eigenvalue weighted by atomic mass is 10.3. The average molecular weight is 389 g/mol. The fourth-order valence-corrected chi connectivity index (χ4v) is 1.72. The molecule has 112 valence electrons. The Hall–Kier alpha value is -0.980. The van der Waals surface area contributed by atoms with E-state index in [1.165, 1.54) is 12.8 Å². The van der Waals surface area contributed by atoms with Crippen molar-refractivity contribution < 1.29 is 4.74 Å². The van der Waals surface area contributed by atoms with Crippen molar-refractivity contribution in [3.05, 3.63) is 30.3 Å². The van der Waals surface area contributed by atoms with E-state index in [9.17, 15) is 0 Å². The molecule has 0 bridgehead atoms. The molecule has 1 aliphatic carbocycles. The van der Waals surface area contributed by atoms with Crippen LogP contribution in [0.5, 0.6) is 5.75 Å². The summed E-state index contributed by atoms with van der Waals surface area (Å²) in [5.41, 5.74) is 0. The summed E-state index contributed by atoms with van der Waals surface area (Å²) in [7, 11) is 0. The lowest BCUT2D eigenvalue weighted by Gasteiger charge is -2.12. The van der Waals surface area contributed by atoms with Crippen LogP contribution in [0.25, 0.3) is 0 Å². The first-order valence-electron chi connectivity index (χ1n) is 7.08. The summed E-state index contributed by atoms with van der Waals surface area (Å²) in [6.07, 6.45) is 2.67. The van der Waals surface area contributed by atoms with Crippen molar-refractivity contribution in [1.29, 1.82) is 0 Å². The smallest absolute Gasteiger partial charge is 0.191 e. The van der Waals surface area contributed by atoms with Gasteiger partial charge in [-0.25, -0.2) is 0 Å². The number of aliphatic imine (C=N–C) groups is 1. The highest BCUT2D eigenvalue weighted by Crippen LogP contribution is 2.28. The molecule has 0 aromatic heterocycles. The molecule has 20 heavy (non-hydrogen) atoms. The quantitative estimate of drug-likeness (QED) is 0.326. The van der Waals surface area contributed by atoms with Crippen LogP contribution in [-0.4, -0.2) is 32.2 Å². The van der Waals surface area contributed by atoms with E-state index in [-0.39, 0.29) is 24.0 Å². The van der Waals surface area contributed by atoms with Gasteiger partial charge < -0.3 is 15.4 Å². The van der Waals surface area contributed by atoms with E-state index < -0.39 is 0 Å². The van der Waals surface area contributed by atoms with E-state index >= 15 is 0 Å². The molecule has 0 atom stereocenters. The van der Waals surface area contributed by atoms with Gasteiger partial charge in [0.15, 0.2) is 5.96 Å². The highest BCUT2D eigenvalue weighted by atomic mass is 127. The number of hydrogen-bond acceptors (Lipinski definition) is 2. The third-order valence-electron chi connectivity index (χ3n) is 2.96. The van der Waals surface area contributed by atoms with Crippen LogP contribution in [-0.2, 0) is 0 Å².